The summed E-state index contributed by atoms with van der Waals surface area (Å²) in [4.78, 5) is 34.1. The van der Waals surface area contributed by atoms with Crippen LogP contribution >= 0.6 is 11.3 Å². The van der Waals surface area contributed by atoms with Gasteiger partial charge in [0.05, 0.1) is 23.0 Å². The highest BCUT2D eigenvalue weighted by Gasteiger charge is 2.40. The average Bonchev–Trinajstić information content (AvgIpc) is 2.95. The van der Waals surface area contributed by atoms with Crippen molar-refractivity contribution < 1.29 is 9.59 Å². The number of pyridine rings is 1. The maximum Gasteiger partial charge on any atom is 0.227 e. The van der Waals surface area contributed by atoms with Crippen LogP contribution < -0.4 is 0 Å². The van der Waals surface area contributed by atoms with E-state index in [9.17, 15) is 9.59 Å². The lowest BCUT2D eigenvalue weighted by Gasteiger charge is -2.35. The van der Waals surface area contributed by atoms with Crippen molar-refractivity contribution >= 4 is 23.0 Å². The number of hydrogen-bond acceptors (Lipinski definition) is 5. The van der Waals surface area contributed by atoms with E-state index in [1.54, 1.807) is 13.1 Å². The molecule has 3 fully saturated rings. The third-order valence-electron chi connectivity index (χ3n) is 5.33. The number of fused-ring (bicyclic) bond motifs is 4. The van der Waals surface area contributed by atoms with Crippen molar-refractivity contribution in [1.82, 2.24) is 14.8 Å². The molecule has 5 nitrogen and oxygen atoms in total. The van der Waals surface area contributed by atoms with E-state index in [0.717, 1.165) is 43.0 Å². The molecule has 0 aliphatic carbocycles. The first-order valence-electron chi connectivity index (χ1n) is 9.11. The molecular formula is C20H23N3O2S. The second-order valence-corrected chi connectivity index (χ2v) is 8.20. The fraction of sp³-hybridized carbons (Fsp3) is 0.450. The molecule has 0 spiro atoms. The van der Waals surface area contributed by atoms with Crippen LogP contribution in [-0.2, 0) is 17.9 Å². The van der Waals surface area contributed by atoms with Crippen LogP contribution in [0.4, 0.5) is 0 Å². The number of thiophene rings is 1. The largest absolute Gasteiger partial charge is 0.332 e. The molecule has 0 unspecified atom stereocenters. The van der Waals surface area contributed by atoms with Crippen molar-refractivity contribution in [1.29, 1.82) is 0 Å². The molecule has 2 aromatic rings. The van der Waals surface area contributed by atoms with Crippen molar-refractivity contribution in [3.8, 4) is 0 Å². The molecule has 3 aliphatic heterocycles. The highest BCUT2D eigenvalue weighted by atomic mass is 32.1. The molecular weight excluding hydrogens is 346 g/mol. The topological polar surface area (TPSA) is 53.5 Å². The standard InChI is InChI=1S/C20H23N3O2S/c1-14(24)19-8-15(13-26-19)9-22-10-16-5-6-18(12-22)23(20(16)25)11-17-4-2-3-7-21-17/h2-4,7-8,13,16,18H,5-6,9-12H2,1H3/t16-,18+/m0/s1. The molecule has 0 aromatic carbocycles. The molecule has 0 radical (unpaired) electrons. The Morgan fingerprint density at radius 3 is 2.88 bits per heavy atom. The summed E-state index contributed by atoms with van der Waals surface area (Å²) in [6.45, 7) is 4.71. The lowest BCUT2D eigenvalue weighted by Crippen LogP contribution is -2.47. The van der Waals surface area contributed by atoms with E-state index < -0.39 is 0 Å². The number of rotatable bonds is 5. The number of carbonyl (C=O) groups excluding carboxylic acids is 2. The van der Waals surface area contributed by atoms with Crippen LogP contribution in [-0.4, -0.2) is 45.6 Å². The summed E-state index contributed by atoms with van der Waals surface area (Å²) in [5, 5.41) is 2.07. The molecule has 0 saturated carbocycles. The number of Topliss-reactive ketones (excluding diaryl/α,β-unsaturated/α-hetero) is 1. The molecule has 2 atom stereocenters. The van der Waals surface area contributed by atoms with Gasteiger partial charge >= 0.3 is 0 Å². The van der Waals surface area contributed by atoms with Crippen LogP contribution in [0.15, 0.2) is 35.8 Å². The third kappa shape index (κ3) is 3.57. The van der Waals surface area contributed by atoms with Crippen molar-refractivity contribution in [2.24, 2.45) is 5.92 Å². The predicted molar refractivity (Wildman–Crippen MR) is 101 cm³/mol. The van der Waals surface area contributed by atoms with E-state index in [0.29, 0.717) is 6.54 Å². The smallest absolute Gasteiger partial charge is 0.227 e. The van der Waals surface area contributed by atoms with Crippen molar-refractivity contribution in [2.75, 3.05) is 13.1 Å². The first kappa shape index (κ1) is 17.4. The second-order valence-electron chi connectivity index (χ2n) is 7.28. The lowest BCUT2D eigenvalue weighted by molar-refractivity contribution is -0.140. The van der Waals surface area contributed by atoms with E-state index in [-0.39, 0.29) is 23.7 Å². The first-order valence-corrected chi connectivity index (χ1v) is 9.99. The van der Waals surface area contributed by atoms with Gasteiger partial charge in [0.2, 0.25) is 5.91 Å². The van der Waals surface area contributed by atoms with Gasteiger partial charge in [-0.15, -0.1) is 11.3 Å². The molecule has 5 heterocycles. The van der Waals surface area contributed by atoms with Gasteiger partial charge in [-0.2, -0.15) is 0 Å². The number of ketones is 1. The minimum atomic E-state index is 0.0726. The summed E-state index contributed by atoms with van der Waals surface area (Å²) in [7, 11) is 0. The van der Waals surface area contributed by atoms with Crippen LogP contribution in [0.3, 0.4) is 0 Å². The maximum absolute atomic E-state index is 12.9. The highest BCUT2D eigenvalue weighted by Crippen LogP contribution is 2.31. The van der Waals surface area contributed by atoms with Gasteiger partial charge in [-0.3, -0.25) is 19.5 Å². The van der Waals surface area contributed by atoms with Crippen LogP contribution in [0.2, 0.25) is 0 Å². The van der Waals surface area contributed by atoms with Gasteiger partial charge in [0.1, 0.15) is 0 Å². The third-order valence-corrected chi connectivity index (χ3v) is 6.41. The summed E-state index contributed by atoms with van der Waals surface area (Å²) in [5.41, 5.74) is 2.12. The molecule has 26 heavy (non-hydrogen) atoms. The Kier molecular flexibility index (Phi) is 4.87. The first-order chi connectivity index (χ1) is 12.6. The Hall–Kier alpha value is -2.05. The Balaban J connectivity index is 1.48. The zero-order chi connectivity index (χ0) is 18.1. The molecule has 6 heteroatoms. The minimum absolute atomic E-state index is 0.0726. The van der Waals surface area contributed by atoms with Crippen molar-refractivity contribution in [3.05, 3.63) is 52.0 Å². The van der Waals surface area contributed by atoms with Crippen molar-refractivity contribution in [2.45, 2.75) is 38.9 Å². The SMILES string of the molecule is CC(=O)c1cc(CN2C[C@@H]3CC[C@H](C2)N(Cc2ccccn2)C3=O)cs1. The summed E-state index contributed by atoms with van der Waals surface area (Å²) in [6, 6.07) is 8.09. The minimum Gasteiger partial charge on any atom is -0.332 e. The van der Waals surface area contributed by atoms with Gasteiger partial charge in [-0.05, 0) is 48.9 Å². The zero-order valence-corrected chi connectivity index (χ0v) is 15.7. The Morgan fingerprint density at radius 2 is 2.15 bits per heavy atom. The fourth-order valence-electron chi connectivity index (χ4n) is 4.03. The number of aromatic nitrogens is 1. The predicted octanol–water partition coefficient (Wildman–Crippen LogP) is 2.97. The number of carbonyl (C=O) groups is 2. The number of nitrogens with zero attached hydrogens (tertiary/aromatic N) is 3. The zero-order valence-electron chi connectivity index (χ0n) is 14.9. The van der Waals surface area contributed by atoms with Crippen LogP contribution in [0.25, 0.3) is 0 Å². The van der Waals surface area contributed by atoms with Gasteiger partial charge in [0.15, 0.2) is 5.78 Å². The lowest BCUT2D eigenvalue weighted by atomic mass is 9.94. The second kappa shape index (κ2) is 7.29. The maximum atomic E-state index is 12.9. The molecule has 2 aromatic heterocycles. The fourth-order valence-corrected chi connectivity index (χ4v) is 4.84. The molecule has 1 amide bonds. The normalized spacial score (nSPS) is 23.3. The summed E-state index contributed by atoms with van der Waals surface area (Å²) >= 11 is 1.51. The Labute approximate surface area is 157 Å². The van der Waals surface area contributed by atoms with Gasteiger partial charge < -0.3 is 4.90 Å². The monoisotopic (exact) mass is 369 g/mol. The average molecular weight is 369 g/mol. The molecule has 3 saturated heterocycles. The van der Waals surface area contributed by atoms with Gasteiger partial charge in [0, 0.05) is 31.9 Å². The summed E-state index contributed by atoms with van der Waals surface area (Å²) in [5.74, 6) is 0.460. The summed E-state index contributed by atoms with van der Waals surface area (Å²) in [6.07, 6.45) is 3.81. The Bertz CT molecular complexity index is 804. The van der Waals surface area contributed by atoms with Gasteiger partial charge in [0.25, 0.3) is 0 Å². The van der Waals surface area contributed by atoms with E-state index in [1.165, 1.54) is 16.9 Å². The van der Waals surface area contributed by atoms with Crippen molar-refractivity contribution in [3.63, 3.8) is 0 Å². The molecule has 3 aliphatic rings. The molecule has 0 N–H and O–H groups in total. The highest BCUT2D eigenvalue weighted by molar-refractivity contribution is 7.12. The molecule has 2 bridgehead atoms. The quantitative estimate of drug-likeness (QED) is 0.761. The number of hydrogen-bond donors (Lipinski definition) is 0. The van der Waals surface area contributed by atoms with Gasteiger partial charge in [-0.1, -0.05) is 6.07 Å². The number of amides is 1. The Morgan fingerprint density at radius 1 is 1.27 bits per heavy atom. The van der Waals surface area contributed by atoms with Crippen LogP contribution in [0, 0.1) is 5.92 Å². The van der Waals surface area contributed by atoms with Crippen LogP contribution in [0.1, 0.15) is 40.7 Å². The van der Waals surface area contributed by atoms with E-state index in [2.05, 4.69) is 15.3 Å². The molecule has 136 valence electrons. The van der Waals surface area contributed by atoms with E-state index in [4.69, 9.17) is 0 Å². The number of piperidine rings is 1. The van der Waals surface area contributed by atoms with E-state index >= 15 is 0 Å². The summed E-state index contributed by atoms with van der Waals surface area (Å²) < 4.78 is 0. The van der Waals surface area contributed by atoms with Crippen LogP contribution in [0.5, 0.6) is 0 Å². The molecule has 5 rings (SSSR count). The van der Waals surface area contributed by atoms with E-state index in [1.807, 2.05) is 29.2 Å². The van der Waals surface area contributed by atoms with Gasteiger partial charge in [-0.25, -0.2) is 0 Å².